The predicted molar refractivity (Wildman–Crippen MR) is 91.3 cm³/mol. The molecule has 0 amide bonds. The fourth-order valence-electron chi connectivity index (χ4n) is 2.52. The fourth-order valence-corrected chi connectivity index (χ4v) is 2.52. The van der Waals surface area contributed by atoms with Crippen molar-refractivity contribution in [3.8, 4) is 0 Å². The van der Waals surface area contributed by atoms with Gasteiger partial charge in [-0.25, -0.2) is 0 Å². The highest BCUT2D eigenvalue weighted by Crippen LogP contribution is 2.11. The van der Waals surface area contributed by atoms with Gasteiger partial charge in [0.2, 0.25) is 6.04 Å². The van der Waals surface area contributed by atoms with Gasteiger partial charge in [0.05, 0.1) is 0 Å². The summed E-state index contributed by atoms with van der Waals surface area (Å²) in [6.45, 7) is 4.39. The van der Waals surface area contributed by atoms with Crippen LogP contribution >= 0.6 is 0 Å². The lowest BCUT2D eigenvalue weighted by Crippen LogP contribution is -2.16. The van der Waals surface area contributed by atoms with Crippen molar-refractivity contribution < 1.29 is 4.92 Å². The predicted octanol–water partition coefficient (Wildman–Crippen LogP) is 6.30. The van der Waals surface area contributed by atoms with E-state index in [2.05, 4.69) is 13.8 Å². The van der Waals surface area contributed by atoms with Gasteiger partial charge in [0.15, 0.2) is 0 Å². The molecule has 0 fully saturated rings. The molecule has 0 N–H and O–H groups in total. The Morgan fingerprint density at radius 2 is 1.38 bits per heavy atom. The van der Waals surface area contributed by atoms with E-state index in [0.717, 1.165) is 19.3 Å². The topological polar surface area (TPSA) is 43.1 Å². The van der Waals surface area contributed by atoms with E-state index < -0.39 is 6.04 Å². The Hall–Kier alpha value is -0.860. The zero-order valence-corrected chi connectivity index (χ0v) is 14.2. The summed E-state index contributed by atoms with van der Waals surface area (Å²) in [5.41, 5.74) is 0. The van der Waals surface area contributed by atoms with Crippen LogP contribution in [0.3, 0.4) is 0 Å². The molecule has 0 aromatic carbocycles. The summed E-state index contributed by atoms with van der Waals surface area (Å²) in [4.78, 5) is 10.9. The Morgan fingerprint density at radius 3 is 1.95 bits per heavy atom. The summed E-state index contributed by atoms with van der Waals surface area (Å²) >= 11 is 0. The molecule has 0 aliphatic heterocycles. The number of nitro groups is 1. The van der Waals surface area contributed by atoms with E-state index in [-0.39, 0.29) is 4.92 Å². The number of hydrogen-bond acceptors (Lipinski definition) is 2. The maximum Gasteiger partial charge on any atom is 0.231 e. The number of unbranched alkanes of at least 4 members (excludes halogenated alkanes) is 10. The van der Waals surface area contributed by atoms with Crippen molar-refractivity contribution in [1.82, 2.24) is 0 Å². The lowest BCUT2D eigenvalue weighted by molar-refractivity contribution is -0.510. The van der Waals surface area contributed by atoms with E-state index in [1.54, 1.807) is 0 Å². The van der Waals surface area contributed by atoms with Gasteiger partial charge < -0.3 is 0 Å². The molecule has 1 unspecified atom stereocenters. The van der Waals surface area contributed by atoms with Crippen LogP contribution in [-0.4, -0.2) is 11.0 Å². The summed E-state index contributed by atoms with van der Waals surface area (Å²) in [5.74, 6) is 0. The Bertz CT molecular complexity index is 264. The lowest BCUT2D eigenvalue weighted by atomic mass is 10.1. The highest BCUT2D eigenvalue weighted by atomic mass is 16.6. The summed E-state index contributed by atoms with van der Waals surface area (Å²) in [5, 5.41) is 11.0. The molecule has 0 rings (SSSR count). The van der Waals surface area contributed by atoms with Crippen LogP contribution < -0.4 is 0 Å². The molecule has 0 aliphatic carbocycles. The molecule has 0 aromatic heterocycles. The van der Waals surface area contributed by atoms with Crippen LogP contribution in [-0.2, 0) is 0 Å². The van der Waals surface area contributed by atoms with Gasteiger partial charge in [-0.05, 0) is 25.3 Å². The second-order valence-electron chi connectivity index (χ2n) is 6.04. The largest absolute Gasteiger partial charge is 0.264 e. The molecule has 3 nitrogen and oxygen atoms in total. The molecule has 0 aliphatic rings. The zero-order chi connectivity index (χ0) is 15.8. The average molecular weight is 297 g/mol. The molecule has 0 aromatic rings. The lowest BCUT2D eigenvalue weighted by Gasteiger charge is -2.04. The first-order valence-electron chi connectivity index (χ1n) is 9.02. The molecule has 3 heteroatoms. The highest BCUT2D eigenvalue weighted by Gasteiger charge is 2.14. The minimum Gasteiger partial charge on any atom is -0.264 e. The summed E-state index contributed by atoms with van der Waals surface area (Å²) < 4.78 is 0. The van der Waals surface area contributed by atoms with Gasteiger partial charge in [0, 0.05) is 11.3 Å². The summed E-state index contributed by atoms with van der Waals surface area (Å²) in [6.07, 6.45) is 19.1. The van der Waals surface area contributed by atoms with Gasteiger partial charge in [-0.1, -0.05) is 77.7 Å². The van der Waals surface area contributed by atoms with Gasteiger partial charge in [-0.3, -0.25) is 10.1 Å². The molecule has 0 heterocycles. The molecule has 1 atom stereocenters. The fraction of sp³-hybridized carbons (Fsp3) is 0.889. The average Bonchev–Trinajstić information content (AvgIpc) is 2.47. The maximum absolute atomic E-state index is 11.0. The minimum atomic E-state index is -0.466. The van der Waals surface area contributed by atoms with Crippen molar-refractivity contribution in [1.29, 1.82) is 0 Å². The zero-order valence-electron chi connectivity index (χ0n) is 14.2. The molecule has 124 valence electrons. The van der Waals surface area contributed by atoms with Crippen molar-refractivity contribution >= 4 is 0 Å². The van der Waals surface area contributed by atoms with Crippen molar-refractivity contribution in [2.45, 2.75) is 103 Å². The van der Waals surface area contributed by atoms with E-state index in [1.165, 1.54) is 57.8 Å². The van der Waals surface area contributed by atoms with Crippen LogP contribution in [0, 0.1) is 10.1 Å². The van der Waals surface area contributed by atoms with E-state index >= 15 is 0 Å². The number of rotatable bonds is 15. The van der Waals surface area contributed by atoms with Crippen molar-refractivity contribution in [2.75, 3.05) is 0 Å². The number of nitrogens with zero attached hydrogens (tertiary/aromatic N) is 1. The molecule has 0 saturated carbocycles. The molecule has 0 spiro atoms. The minimum absolute atomic E-state index is 0.132. The van der Waals surface area contributed by atoms with E-state index in [1.807, 2.05) is 12.2 Å². The van der Waals surface area contributed by atoms with Gasteiger partial charge in [-0.2, -0.15) is 0 Å². The van der Waals surface area contributed by atoms with Crippen molar-refractivity contribution in [3.05, 3.63) is 22.3 Å². The molecule has 0 bridgehead atoms. The van der Waals surface area contributed by atoms with Gasteiger partial charge in [-0.15, -0.1) is 0 Å². The third kappa shape index (κ3) is 13.9. The number of allylic oxidation sites excluding steroid dienone is 1. The van der Waals surface area contributed by atoms with Crippen molar-refractivity contribution in [2.24, 2.45) is 0 Å². The van der Waals surface area contributed by atoms with E-state index in [0.29, 0.717) is 6.42 Å². The monoisotopic (exact) mass is 297 g/mol. The quantitative estimate of drug-likeness (QED) is 0.154. The van der Waals surface area contributed by atoms with E-state index in [9.17, 15) is 10.1 Å². The van der Waals surface area contributed by atoms with Gasteiger partial charge in [0.1, 0.15) is 0 Å². The van der Waals surface area contributed by atoms with Crippen LogP contribution in [0.25, 0.3) is 0 Å². The Kier molecular flexibility index (Phi) is 14.9. The second kappa shape index (κ2) is 15.5. The molecular weight excluding hydrogens is 262 g/mol. The smallest absolute Gasteiger partial charge is 0.231 e. The van der Waals surface area contributed by atoms with Gasteiger partial charge >= 0.3 is 0 Å². The van der Waals surface area contributed by atoms with Crippen LogP contribution in [0.2, 0.25) is 0 Å². The van der Waals surface area contributed by atoms with Crippen molar-refractivity contribution in [3.63, 3.8) is 0 Å². The Labute approximate surface area is 131 Å². The Morgan fingerprint density at radius 1 is 0.857 bits per heavy atom. The molecule has 21 heavy (non-hydrogen) atoms. The van der Waals surface area contributed by atoms with Crippen LogP contribution in [0.1, 0.15) is 97.3 Å². The second-order valence-corrected chi connectivity index (χ2v) is 6.04. The van der Waals surface area contributed by atoms with Crippen LogP contribution in [0.5, 0.6) is 0 Å². The third-order valence-electron chi connectivity index (χ3n) is 3.96. The summed E-state index contributed by atoms with van der Waals surface area (Å²) in [6, 6.07) is -0.466. The third-order valence-corrected chi connectivity index (χ3v) is 3.96. The van der Waals surface area contributed by atoms with Crippen LogP contribution in [0.15, 0.2) is 12.2 Å². The SMILES string of the molecule is CCCCCCCCCC=CC(CCCCCC)[N+](=O)[O-]. The first-order chi connectivity index (χ1) is 10.2. The number of hydrogen-bond donors (Lipinski definition) is 0. The molecular formula is C18H35NO2. The van der Waals surface area contributed by atoms with Crippen LogP contribution in [0.4, 0.5) is 0 Å². The maximum atomic E-state index is 11.0. The van der Waals surface area contributed by atoms with Gasteiger partial charge in [0.25, 0.3) is 0 Å². The van der Waals surface area contributed by atoms with E-state index in [4.69, 9.17) is 0 Å². The first kappa shape index (κ1) is 20.1. The standard InChI is InChI=1S/C18H35NO2/c1-3-5-7-9-10-11-12-13-15-17-18(19(20)21)16-14-8-6-4-2/h15,17-18H,3-14,16H2,1-2H3. The Balaban J connectivity index is 3.62. The molecule has 0 saturated heterocycles. The first-order valence-corrected chi connectivity index (χ1v) is 9.02. The highest BCUT2D eigenvalue weighted by molar-refractivity contribution is 4.88. The molecule has 0 radical (unpaired) electrons. The summed E-state index contributed by atoms with van der Waals surface area (Å²) in [7, 11) is 0. The normalized spacial score (nSPS) is 12.9.